The first-order valence-corrected chi connectivity index (χ1v) is 6.79. The first kappa shape index (κ1) is 11.4. The molecule has 2 aliphatic rings. The van der Waals surface area contributed by atoms with E-state index in [1.54, 1.807) is 0 Å². The largest absolute Gasteiger partial charge is 0.330 e. The lowest BCUT2D eigenvalue weighted by molar-refractivity contribution is 0.101. The topological polar surface area (TPSA) is 29.3 Å². The fourth-order valence-electron chi connectivity index (χ4n) is 3.46. The molecule has 0 radical (unpaired) electrons. The van der Waals surface area contributed by atoms with Gasteiger partial charge in [-0.2, -0.15) is 0 Å². The first-order chi connectivity index (χ1) is 7.35. The van der Waals surface area contributed by atoms with E-state index in [2.05, 4.69) is 11.8 Å². The summed E-state index contributed by atoms with van der Waals surface area (Å²) in [6, 6.07) is 0.816. The third-order valence-corrected chi connectivity index (χ3v) is 4.55. The Bertz CT molecular complexity index is 185. The highest BCUT2D eigenvalue weighted by Gasteiger charge is 2.33. The van der Waals surface area contributed by atoms with Crippen LogP contribution in [0.5, 0.6) is 0 Å². The molecule has 1 saturated carbocycles. The Morgan fingerprint density at radius 2 is 1.93 bits per heavy atom. The number of likely N-dealkylation sites (tertiary alicyclic amines) is 1. The van der Waals surface area contributed by atoms with Crippen molar-refractivity contribution in [2.24, 2.45) is 17.6 Å². The molecule has 1 heterocycles. The normalized spacial score (nSPS) is 38.4. The van der Waals surface area contributed by atoms with Gasteiger partial charge in [0.05, 0.1) is 0 Å². The van der Waals surface area contributed by atoms with Crippen LogP contribution < -0.4 is 5.73 Å². The molecule has 2 heteroatoms. The van der Waals surface area contributed by atoms with Gasteiger partial charge in [-0.3, -0.25) is 0 Å². The van der Waals surface area contributed by atoms with Crippen LogP contribution in [0.1, 0.15) is 45.4 Å². The maximum Gasteiger partial charge on any atom is 0.0138 e. The maximum absolute atomic E-state index is 5.92. The van der Waals surface area contributed by atoms with Gasteiger partial charge in [-0.05, 0) is 57.2 Å². The van der Waals surface area contributed by atoms with Crippen molar-refractivity contribution in [3.63, 3.8) is 0 Å². The molecule has 0 aromatic rings. The number of hydrogen-bond donors (Lipinski definition) is 1. The van der Waals surface area contributed by atoms with E-state index in [9.17, 15) is 0 Å². The van der Waals surface area contributed by atoms with Crippen molar-refractivity contribution in [2.75, 3.05) is 19.6 Å². The summed E-state index contributed by atoms with van der Waals surface area (Å²) in [4.78, 5) is 2.72. The van der Waals surface area contributed by atoms with Crippen LogP contribution in [0.3, 0.4) is 0 Å². The van der Waals surface area contributed by atoms with Crippen molar-refractivity contribution in [1.82, 2.24) is 4.90 Å². The van der Waals surface area contributed by atoms with Crippen molar-refractivity contribution in [1.29, 1.82) is 0 Å². The first-order valence-electron chi connectivity index (χ1n) is 6.79. The quantitative estimate of drug-likeness (QED) is 0.774. The highest BCUT2D eigenvalue weighted by molar-refractivity contribution is 4.88. The Morgan fingerprint density at radius 3 is 2.53 bits per heavy atom. The van der Waals surface area contributed by atoms with Gasteiger partial charge in [-0.15, -0.1) is 0 Å². The third kappa shape index (κ3) is 2.54. The van der Waals surface area contributed by atoms with Gasteiger partial charge in [0.25, 0.3) is 0 Å². The minimum Gasteiger partial charge on any atom is -0.330 e. The molecule has 0 spiro atoms. The number of nitrogens with zero attached hydrogens (tertiary/aromatic N) is 1. The number of nitrogens with two attached hydrogens (primary N) is 1. The van der Waals surface area contributed by atoms with E-state index >= 15 is 0 Å². The summed E-state index contributed by atoms with van der Waals surface area (Å²) < 4.78 is 0. The molecule has 3 unspecified atom stereocenters. The van der Waals surface area contributed by atoms with Gasteiger partial charge >= 0.3 is 0 Å². The van der Waals surface area contributed by atoms with Crippen LogP contribution in [0.15, 0.2) is 0 Å². The average molecular weight is 210 g/mol. The van der Waals surface area contributed by atoms with Gasteiger partial charge in [-0.25, -0.2) is 0 Å². The predicted molar refractivity (Wildman–Crippen MR) is 64.8 cm³/mol. The number of hydrogen-bond acceptors (Lipinski definition) is 2. The second kappa shape index (κ2) is 5.31. The highest BCUT2D eigenvalue weighted by atomic mass is 15.2. The zero-order chi connectivity index (χ0) is 10.7. The molecular weight excluding hydrogens is 184 g/mol. The van der Waals surface area contributed by atoms with Gasteiger partial charge in [0.2, 0.25) is 0 Å². The molecule has 1 saturated heterocycles. The maximum atomic E-state index is 5.92. The van der Waals surface area contributed by atoms with Gasteiger partial charge in [0, 0.05) is 6.04 Å². The summed E-state index contributed by atoms with van der Waals surface area (Å²) >= 11 is 0. The van der Waals surface area contributed by atoms with Crippen LogP contribution in [0.25, 0.3) is 0 Å². The Labute approximate surface area is 94.2 Å². The minimum absolute atomic E-state index is 0.783. The molecule has 2 nitrogen and oxygen atoms in total. The van der Waals surface area contributed by atoms with E-state index in [1.165, 1.54) is 51.6 Å². The SMILES string of the molecule is CCC1CCC(CN)C(N2CCCC2)C1. The number of rotatable bonds is 3. The molecule has 0 bridgehead atoms. The summed E-state index contributed by atoms with van der Waals surface area (Å²) in [5.74, 6) is 1.75. The summed E-state index contributed by atoms with van der Waals surface area (Å²) in [6.07, 6.45) is 8.38. The van der Waals surface area contributed by atoms with Crippen LogP contribution >= 0.6 is 0 Å². The Morgan fingerprint density at radius 1 is 1.20 bits per heavy atom. The van der Waals surface area contributed by atoms with Crippen LogP contribution in [-0.4, -0.2) is 30.6 Å². The average Bonchev–Trinajstić information content (AvgIpc) is 2.81. The Hall–Kier alpha value is -0.0800. The van der Waals surface area contributed by atoms with Gasteiger partial charge < -0.3 is 10.6 Å². The van der Waals surface area contributed by atoms with Gasteiger partial charge in [-0.1, -0.05) is 19.8 Å². The molecule has 2 N–H and O–H groups in total. The standard InChI is InChI=1S/C13H26N2/c1-2-11-5-6-12(10-14)13(9-11)15-7-3-4-8-15/h11-13H,2-10,14H2,1H3. The molecule has 0 aromatic heterocycles. The summed E-state index contributed by atoms with van der Waals surface area (Å²) in [5.41, 5.74) is 5.92. The van der Waals surface area contributed by atoms with Crippen molar-refractivity contribution in [3.05, 3.63) is 0 Å². The molecule has 1 aliphatic heterocycles. The molecule has 0 amide bonds. The van der Waals surface area contributed by atoms with E-state index in [4.69, 9.17) is 5.73 Å². The second-order valence-corrected chi connectivity index (χ2v) is 5.39. The lowest BCUT2D eigenvalue weighted by Crippen LogP contribution is -2.45. The van der Waals surface area contributed by atoms with E-state index in [0.29, 0.717) is 0 Å². The van der Waals surface area contributed by atoms with Gasteiger partial charge in [0.1, 0.15) is 0 Å². The van der Waals surface area contributed by atoms with E-state index in [1.807, 2.05) is 0 Å². The lowest BCUT2D eigenvalue weighted by Gasteiger charge is -2.40. The van der Waals surface area contributed by atoms with E-state index in [-0.39, 0.29) is 0 Å². The van der Waals surface area contributed by atoms with Crippen LogP contribution in [0.4, 0.5) is 0 Å². The molecule has 3 atom stereocenters. The highest BCUT2D eigenvalue weighted by Crippen LogP contribution is 2.34. The smallest absolute Gasteiger partial charge is 0.0138 e. The fraction of sp³-hybridized carbons (Fsp3) is 1.00. The zero-order valence-electron chi connectivity index (χ0n) is 10.1. The molecule has 0 aromatic carbocycles. The summed E-state index contributed by atoms with van der Waals surface area (Å²) in [7, 11) is 0. The van der Waals surface area contributed by atoms with Crippen molar-refractivity contribution >= 4 is 0 Å². The van der Waals surface area contributed by atoms with E-state index < -0.39 is 0 Å². The third-order valence-electron chi connectivity index (χ3n) is 4.55. The van der Waals surface area contributed by atoms with Crippen molar-refractivity contribution < 1.29 is 0 Å². The Balaban J connectivity index is 1.96. The molecular formula is C13H26N2. The zero-order valence-corrected chi connectivity index (χ0v) is 10.1. The molecule has 2 rings (SSSR count). The summed E-state index contributed by atoms with van der Waals surface area (Å²) in [5, 5.41) is 0. The van der Waals surface area contributed by atoms with Crippen molar-refractivity contribution in [3.8, 4) is 0 Å². The molecule has 88 valence electrons. The summed E-state index contributed by atoms with van der Waals surface area (Å²) in [6.45, 7) is 5.90. The van der Waals surface area contributed by atoms with Crippen LogP contribution in [-0.2, 0) is 0 Å². The lowest BCUT2D eigenvalue weighted by atomic mass is 9.76. The Kier molecular flexibility index (Phi) is 4.04. The van der Waals surface area contributed by atoms with Gasteiger partial charge in [0.15, 0.2) is 0 Å². The van der Waals surface area contributed by atoms with E-state index in [0.717, 1.165) is 24.4 Å². The monoisotopic (exact) mass is 210 g/mol. The minimum atomic E-state index is 0.783. The predicted octanol–water partition coefficient (Wildman–Crippen LogP) is 2.24. The van der Waals surface area contributed by atoms with Crippen LogP contribution in [0, 0.1) is 11.8 Å². The fourth-order valence-corrected chi connectivity index (χ4v) is 3.46. The molecule has 2 fully saturated rings. The van der Waals surface area contributed by atoms with Crippen molar-refractivity contribution in [2.45, 2.75) is 51.5 Å². The van der Waals surface area contributed by atoms with Crippen LogP contribution in [0.2, 0.25) is 0 Å². The molecule has 1 aliphatic carbocycles. The molecule has 15 heavy (non-hydrogen) atoms. The second-order valence-electron chi connectivity index (χ2n) is 5.39.